The summed E-state index contributed by atoms with van der Waals surface area (Å²) in [6, 6.07) is 11.7. The quantitative estimate of drug-likeness (QED) is 0.813. The first kappa shape index (κ1) is 17.7. The van der Waals surface area contributed by atoms with E-state index in [-0.39, 0.29) is 24.3 Å². The molecule has 0 saturated carbocycles. The molecule has 1 aromatic carbocycles. The largest absolute Gasteiger partial charge is 0.459 e. The summed E-state index contributed by atoms with van der Waals surface area (Å²) < 4.78 is 5.02. The van der Waals surface area contributed by atoms with Crippen molar-refractivity contribution < 1.29 is 19.1 Å². The Morgan fingerprint density at radius 2 is 1.92 bits per heavy atom. The van der Waals surface area contributed by atoms with E-state index in [1.54, 1.807) is 24.9 Å². The number of furan rings is 1. The van der Waals surface area contributed by atoms with E-state index in [2.05, 4.69) is 5.32 Å². The third-order valence-corrected chi connectivity index (χ3v) is 3.87. The molecule has 0 radical (unpaired) electrons. The molecule has 6 nitrogen and oxygen atoms in total. The molecule has 0 spiro atoms. The Labute approximate surface area is 141 Å². The zero-order valence-electron chi connectivity index (χ0n) is 13.8. The van der Waals surface area contributed by atoms with Crippen LogP contribution in [0.5, 0.6) is 0 Å². The molecule has 0 aliphatic heterocycles. The summed E-state index contributed by atoms with van der Waals surface area (Å²) in [5, 5.41) is 11.9. The summed E-state index contributed by atoms with van der Waals surface area (Å²) in [5.41, 5.74) is 0.937. The first-order chi connectivity index (χ1) is 11.5. The van der Waals surface area contributed by atoms with Gasteiger partial charge in [-0.25, -0.2) is 0 Å². The third-order valence-electron chi connectivity index (χ3n) is 3.87. The Balaban J connectivity index is 2.06. The summed E-state index contributed by atoms with van der Waals surface area (Å²) in [6.45, 7) is 1.59. The number of hydrogen-bond donors (Lipinski definition) is 2. The topological polar surface area (TPSA) is 82.8 Å². The lowest BCUT2D eigenvalue weighted by molar-refractivity contribution is -0.134. The molecule has 0 aliphatic carbocycles. The first-order valence-corrected chi connectivity index (χ1v) is 7.81. The second kappa shape index (κ2) is 8.31. The van der Waals surface area contributed by atoms with Crippen molar-refractivity contribution >= 4 is 11.8 Å². The van der Waals surface area contributed by atoms with Gasteiger partial charge in [-0.1, -0.05) is 30.3 Å². The van der Waals surface area contributed by atoms with E-state index in [0.717, 1.165) is 5.56 Å². The van der Waals surface area contributed by atoms with Gasteiger partial charge >= 0.3 is 0 Å². The van der Waals surface area contributed by atoms with Crippen LogP contribution in [0, 0.1) is 0 Å². The molecular weight excluding hydrogens is 308 g/mol. The second-order valence-corrected chi connectivity index (χ2v) is 5.56. The lowest BCUT2D eigenvalue weighted by atomic mass is 10.0. The number of likely N-dealkylation sites (N-methyl/N-ethyl adjacent to an activating group) is 1. The highest BCUT2D eigenvalue weighted by Gasteiger charge is 2.26. The minimum Gasteiger partial charge on any atom is -0.459 e. The van der Waals surface area contributed by atoms with E-state index >= 15 is 0 Å². The molecule has 2 amide bonds. The molecule has 2 unspecified atom stereocenters. The highest BCUT2D eigenvalue weighted by atomic mass is 16.3. The van der Waals surface area contributed by atoms with Crippen molar-refractivity contribution in [3.05, 3.63) is 60.1 Å². The van der Waals surface area contributed by atoms with Gasteiger partial charge < -0.3 is 19.7 Å². The van der Waals surface area contributed by atoms with Gasteiger partial charge in [0.1, 0.15) is 6.04 Å². The van der Waals surface area contributed by atoms with Gasteiger partial charge in [-0.3, -0.25) is 9.59 Å². The molecule has 0 aliphatic rings. The number of amides is 2. The Bertz CT molecular complexity index is 655. The van der Waals surface area contributed by atoms with Crippen LogP contribution in [-0.2, 0) is 4.79 Å². The van der Waals surface area contributed by atoms with Crippen LogP contribution in [0.1, 0.15) is 35.5 Å². The number of aliphatic hydroxyl groups is 1. The number of aliphatic hydroxyl groups excluding tert-OH is 1. The molecular formula is C18H22N2O4. The predicted octanol–water partition coefficient (Wildman–Crippen LogP) is 1.98. The standard InChI is InChI=1S/C18H22N2O4/c1-13(19-17(22)16-9-6-12-24-16)18(23)20(2)15(10-11-21)14-7-4-3-5-8-14/h3-9,12-13,15,21H,10-11H2,1-2H3,(H,19,22). The Morgan fingerprint density at radius 3 is 2.50 bits per heavy atom. The van der Waals surface area contributed by atoms with Gasteiger partial charge in [-0.15, -0.1) is 0 Å². The van der Waals surface area contributed by atoms with Crippen LogP contribution in [0.4, 0.5) is 0 Å². The molecule has 2 aromatic rings. The maximum absolute atomic E-state index is 12.6. The molecule has 128 valence electrons. The van der Waals surface area contributed by atoms with E-state index in [9.17, 15) is 14.7 Å². The van der Waals surface area contributed by atoms with Gasteiger partial charge in [0.2, 0.25) is 5.91 Å². The fourth-order valence-corrected chi connectivity index (χ4v) is 2.58. The normalized spacial score (nSPS) is 13.1. The van der Waals surface area contributed by atoms with Crippen molar-refractivity contribution in [2.24, 2.45) is 0 Å². The van der Waals surface area contributed by atoms with Crippen LogP contribution in [0.25, 0.3) is 0 Å². The maximum Gasteiger partial charge on any atom is 0.287 e. The van der Waals surface area contributed by atoms with Crippen molar-refractivity contribution in [3.8, 4) is 0 Å². The average Bonchev–Trinajstić information content (AvgIpc) is 3.14. The number of hydrogen-bond acceptors (Lipinski definition) is 4. The van der Waals surface area contributed by atoms with E-state index in [1.807, 2.05) is 30.3 Å². The summed E-state index contributed by atoms with van der Waals surface area (Å²) in [7, 11) is 1.67. The highest BCUT2D eigenvalue weighted by Crippen LogP contribution is 2.23. The molecule has 1 aromatic heterocycles. The van der Waals surface area contributed by atoms with Gasteiger partial charge in [-0.2, -0.15) is 0 Å². The van der Waals surface area contributed by atoms with E-state index in [4.69, 9.17) is 4.42 Å². The summed E-state index contributed by atoms with van der Waals surface area (Å²) in [6.07, 6.45) is 1.82. The van der Waals surface area contributed by atoms with Crippen LogP contribution < -0.4 is 5.32 Å². The zero-order chi connectivity index (χ0) is 17.5. The Kier molecular flexibility index (Phi) is 6.14. The van der Waals surface area contributed by atoms with Crippen molar-refractivity contribution in [3.63, 3.8) is 0 Å². The van der Waals surface area contributed by atoms with Crippen LogP contribution in [0.15, 0.2) is 53.1 Å². The van der Waals surface area contributed by atoms with Crippen molar-refractivity contribution in [2.75, 3.05) is 13.7 Å². The summed E-state index contributed by atoms with van der Waals surface area (Å²) in [5.74, 6) is -0.517. The number of rotatable bonds is 7. The van der Waals surface area contributed by atoms with Crippen molar-refractivity contribution in [1.29, 1.82) is 0 Å². The minimum absolute atomic E-state index is 0.0374. The monoisotopic (exact) mass is 330 g/mol. The predicted molar refractivity (Wildman–Crippen MR) is 89.3 cm³/mol. The van der Waals surface area contributed by atoms with Crippen LogP contribution in [0.3, 0.4) is 0 Å². The van der Waals surface area contributed by atoms with E-state index < -0.39 is 11.9 Å². The van der Waals surface area contributed by atoms with Crippen LogP contribution in [0.2, 0.25) is 0 Å². The molecule has 1 heterocycles. The van der Waals surface area contributed by atoms with Crippen LogP contribution >= 0.6 is 0 Å². The second-order valence-electron chi connectivity index (χ2n) is 5.56. The molecule has 0 bridgehead atoms. The molecule has 24 heavy (non-hydrogen) atoms. The molecule has 2 rings (SSSR count). The van der Waals surface area contributed by atoms with Crippen molar-refractivity contribution in [2.45, 2.75) is 25.4 Å². The number of nitrogens with zero attached hydrogens (tertiary/aromatic N) is 1. The van der Waals surface area contributed by atoms with E-state index in [0.29, 0.717) is 6.42 Å². The fraction of sp³-hybridized carbons (Fsp3) is 0.333. The fourth-order valence-electron chi connectivity index (χ4n) is 2.58. The molecule has 6 heteroatoms. The average molecular weight is 330 g/mol. The van der Waals surface area contributed by atoms with E-state index in [1.165, 1.54) is 12.3 Å². The van der Waals surface area contributed by atoms with Gasteiger partial charge in [0.05, 0.1) is 12.3 Å². The minimum atomic E-state index is -0.711. The lowest BCUT2D eigenvalue weighted by Gasteiger charge is -2.30. The van der Waals surface area contributed by atoms with Crippen LogP contribution in [-0.4, -0.2) is 41.5 Å². The summed E-state index contributed by atoms with van der Waals surface area (Å²) >= 11 is 0. The number of nitrogens with one attached hydrogen (secondary N) is 1. The Morgan fingerprint density at radius 1 is 1.21 bits per heavy atom. The first-order valence-electron chi connectivity index (χ1n) is 7.81. The smallest absolute Gasteiger partial charge is 0.287 e. The third kappa shape index (κ3) is 4.23. The van der Waals surface area contributed by atoms with Gasteiger partial charge in [0.25, 0.3) is 5.91 Å². The SMILES string of the molecule is CC(NC(=O)c1ccco1)C(=O)N(C)C(CCO)c1ccccc1. The zero-order valence-corrected chi connectivity index (χ0v) is 13.8. The lowest BCUT2D eigenvalue weighted by Crippen LogP contribution is -2.46. The number of carbonyl (C=O) groups is 2. The van der Waals surface area contributed by atoms with Crippen molar-refractivity contribution in [1.82, 2.24) is 10.2 Å². The van der Waals surface area contributed by atoms with Gasteiger partial charge in [0.15, 0.2) is 5.76 Å². The van der Waals surface area contributed by atoms with Gasteiger partial charge in [-0.05, 0) is 31.0 Å². The molecule has 0 saturated heterocycles. The summed E-state index contributed by atoms with van der Waals surface area (Å²) in [4.78, 5) is 26.2. The molecule has 2 atom stereocenters. The maximum atomic E-state index is 12.6. The molecule has 2 N–H and O–H groups in total. The highest BCUT2D eigenvalue weighted by molar-refractivity contribution is 5.95. The Hall–Kier alpha value is -2.60. The van der Waals surface area contributed by atoms with Gasteiger partial charge in [0, 0.05) is 13.7 Å². The number of carbonyl (C=O) groups excluding carboxylic acids is 2. The number of benzene rings is 1. The molecule has 0 fully saturated rings.